The van der Waals surface area contributed by atoms with E-state index in [4.69, 9.17) is 0 Å². The molecule has 5 rings (SSSR count). The summed E-state index contributed by atoms with van der Waals surface area (Å²) in [6, 6.07) is 25.9. The number of rotatable bonds is 10. The molecule has 0 saturated heterocycles. The molecule has 1 atom stereocenters. The molecule has 4 aromatic rings. The summed E-state index contributed by atoms with van der Waals surface area (Å²) in [4.78, 5) is 13.1. The van der Waals surface area contributed by atoms with Crippen molar-refractivity contribution in [3.8, 4) is 5.69 Å². The van der Waals surface area contributed by atoms with Crippen LogP contribution in [0.2, 0.25) is 0 Å². The summed E-state index contributed by atoms with van der Waals surface area (Å²) in [5.74, 6) is 0.268. The molecule has 1 aromatic heterocycles. The van der Waals surface area contributed by atoms with Crippen molar-refractivity contribution in [2.45, 2.75) is 76.2 Å². The summed E-state index contributed by atoms with van der Waals surface area (Å²) in [6.45, 7) is 5.99. The largest absolute Gasteiger partial charge is 0.318 e. The van der Waals surface area contributed by atoms with Crippen LogP contribution in [0.15, 0.2) is 94.9 Å². The van der Waals surface area contributed by atoms with Crippen LogP contribution in [-0.2, 0) is 14.8 Å². The summed E-state index contributed by atoms with van der Waals surface area (Å²) >= 11 is 0. The molecule has 0 unspecified atom stereocenters. The van der Waals surface area contributed by atoms with Crippen LogP contribution in [0.3, 0.4) is 0 Å². The van der Waals surface area contributed by atoms with Gasteiger partial charge in [-0.05, 0) is 81.0 Å². The smallest absolute Gasteiger partial charge is 0.242 e. The minimum atomic E-state index is -3.85. The first-order valence-corrected chi connectivity index (χ1v) is 16.4. The van der Waals surface area contributed by atoms with Crippen LogP contribution in [0.5, 0.6) is 0 Å². The van der Waals surface area contributed by atoms with Crippen molar-refractivity contribution in [3.05, 3.63) is 119 Å². The first-order valence-electron chi connectivity index (χ1n) is 15.0. The maximum absolute atomic E-state index is 13.1. The summed E-state index contributed by atoms with van der Waals surface area (Å²) in [5, 5.41) is 4.22. The highest BCUT2D eigenvalue weighted by Gasteiger charge is 2.24. The molecule has 0 radical (unpaired) electrons. The van der Waals surface area contributed by atoms with E-state index in [0.717, 1.165) is 28.2 Å². The molecule has 1 fully saturated rings. The molecule has 224 valence electrons. The molecule has 2 N–H and O–H groups in total. The van der Waals surface area contributed by atoms with Gasteiger partial charge in [-0.15, -0.1) is 0 Å². The number of hydrazone groups is 1. The van der Waals surface area contributed by atoms with E-state index in [9.17, 15) is 13.2 Å². The zero-order valence-corrected chi connectivity index (χ0v) is 25.9. The maximum Gasteiger partial charge on any atom is 0.242 e. The summed E-state index contributed by atoms with van der Waals surface area (Å²) in [5.41, 5.74) is 9.76. The first-order chi connectivity index (χ1) is 20.7. The molecule has 0 aliphatic heterocycles. The molecule has 7 nitrogen and oxygen atoms in total. The highest BCUT2D eigenvalue weighted by Crippen LogP contribution is 2.33. The predicted octanol–water partition coefficient (Wildman–Crippen LogP) is 7.01. The topological polar surface area (TPSA) is 92.6 Å². The molecular formula is C35H40N4O3S. The number of aromatic nitrogens is 1. The quantitative estimate of drug-likeness (QED) is 0.152. The molecule has 1 aliphatic carbocycles. The zero-order chi connectivity index (χ0) is 30.4. The fourth-order valence-electron chi connectivity index (χ4n) is 5.94. The first kappa shape index (κ1) is 30.4. The monoisotopic (exact) mass is 596 g/mol. The van der Waals surface area contributed by atoms with E-state index >= 15 is 0 Å². The lowest BCUT2D eigenvalue weighted by atomic mass is 9.84. The van der Waals surface area contributed by atoms with Crippen molar-refractivity contribution >= 4 is 22.1 Å². The van der Waals surface area contributed by atoms with Gasteiger partial charge in [0.05, 0.1) is 17.2 Å². The van der Waals surface area contributed by atoms with E-state index in [1.165, 1.54) is 37.7 Å². The van der Waals surface area contributed by atoms with Gasteiger partial charge in [-0.3, -0.25) is 4.79 Å². The molecule has 8 heteroatoms. The van der Waals surface area contributed by atoms with Crippen molar-refractivity contribution in [2.24, 2.45) is 5.10 Å². The number of nitrogens with one attached hydrogen (secondary N) is 2. The number of carbonyl (C=O) groups is 1. The highest BCUT2D eigenvalue weighted by molar-refractivity contribution is 7.89. The Hall–Kier alpha value is -4.01. The van der Waals surface area contributed by atoms with Gasteiger partial charge < -0.3 is 4.57 Å². The van der Waals surface area contributed by atoms with Gasteiger partial charge in [0.25, 0.3) is 0 Å². The summed E-state index contributed by atoms with van der Waals surface area (Å²) < 4.78 is 31.1. The number of benzene rings is 3. The number of aryl methyl sites for hydroxylation is 2. The van der Waals surface area contributed by atoms with Gasteiger partial charge in [0.2, 0.25) is 15.9 Å². The van der Waals surface area contributed by atoms with E-state index in [2.05, 4.69) is 51.0 Å². The Morgan fingerprint density at radius 3 is 2.28 bits per heavy atom. The minimum Gasteiger partial charge on any atom is -0.318 e. The van der Waals surface area contributed by atoms with E-state index in [0.29, 0.717) is 11.5 Å². The van der Waals surface area contributed by atoms with E-state index in [1.54, 1.807) is 42.6 Å². The van der Waals surface area contributed by atoms with Gasteiger partial charge in [-0.25, -0.2) is 18.6 Å². The van der Waals surface area contributed by atoms with E-state index in [-0.39, 0.29) is 11.3 Å². The van der Waals surface area contributed by atoms with Crippen LogP contribution in [0.1, 0.15) is 84.1 Å². The van der Waals surface area contributed by atoms with Gasteiger partial charge in [-0.2, -0.15) is 5.10 Å². The third kappa shape index (κ3) is 7.50. The second kappa shape index (κ2) is 13.5. The summed E-state index contributed by atoms with van der Waals surface area (Å²) in [7, 11) is -3.85. The molecule has 1 saturated carbocycles. The van der Waals surface area contributed by atoms with E-state index < -0.39 is 22.0 Å². The highest BCUT2D eigenvalue weighted by atomic mass is 32.2. The van der Waals surface area contributed by atoms with Crippen LogP contribution < -0.4 is 10.1 Å². The van der Waals surface area contributed by atoms with Gasteiger partial charge in [0.1, 0.15) is 0 Å². The SMILES string of the molecule is Cc1ccc(S(=O)(=O)N[C@@H](CC(=O)N/N=C\c2cc(C)n(-c3ccc(C4CCCCC4)cc3)c2C)c2ccccc2)cc1. The van der Waals surface area contributed by atoms with Crippen molar-refractivity contribution in [3.63, 3.8) is 0 Å². The molecule has 1 aliphatic rings. The van der Waals surface area contributed by atoms with Gasteiger partial charge in [0, 0.05) is 29.1 Å². The predicted molar refractivity (Wildman–Crippen MR) is 172 cm³/mol. The Balaban J connectivity index is 1.26. The van der Waals surface area contributed by atoms with Crippen LogP contribution in [0, 0.1) is 20.8 Å². The van der Waals surface area contributed by atoms with Crippen molar-refractivity contribution in [1.29, 1.82) is 0 Å². The number of hydrogen-bond acceptors (Lipinski definition) is 4. The molecule has 0 bridgehead atoms. The van der Waals surface area contributed by atoms with Crippen LogP contribution >= 0.6 is 0 Å². The van der Waals surface area contributed by atoms with Crippen LogP contribution in [0.25, 0.3) is 5.69 Å². The summed E-state index contributed by atoms with van der Waals surface area (Å²) in [6.07, 6.45) is 8.06. The number of sulfonamides is 1. The Morgan fingerprint density at radius 2 is 1.60 bits per heavy atom. The standard InChI is InChI=1S/C35H40N4O3S/c1-25-14-20-33(21-15-25)43(41,42)38-34(30-12-8-5-9-13-30)23-35(40)37-36-24-31-22-26(2)39(27(31)3)32-18-16-29(17-19-32)28-10-6-4-7-11-28/h5,8-9,12-22,24,28,34,38H,4,6-7,10-11,23H2,1-3H3,(H,37,40)/b36-24-/t34-/m0/s1. The van der Waals surface area contributed by atoms with Crippen molar-refractivity contribution < 1.29 is 13.2 Å². The van der Waals surface area contributed by atoms with Crippen molar-refractivity contribution in [1.82, 2.24) is 14.7 Å². The third-order valence-electron chi connectivity index (χ3n) is 8.31. The van der Waals surface area contributed by atoms with Gasteiger partial charge in [-0.1, -0.05) is 79.4 Å². The number of amides is 1. The lowest BCUT2D eigenvalue weighted by Crippen LogP contribution is -2.32. The second-order valence-electron chi connectivity index (χ2n) is 11.5. The Labute approximate surface area is 255 Å². The molecule has 43 heavy (non-hydrogen) atoms. The second-order valence-corrected chi connectivity index (χ2v) is 13.2. The molecule has 0 spiro atoms. The fourth-order valence-corrected chi connectivity index (χ4v) is 7.16. The van der Waals surface area contributed by atoms with Gasteiger partial charge in [0.15, 0.2) is 0 Å². The maximum atomic E-state index is 13.1. The number of hydrogen-bond donors (Lipinski definition) is 2. The number of carbonyl (C=O) groups excluding carboxylic acids is 1. The Morgan fingerprint density at radius 1 is 0.930 bits per heavy atom. The Kier molecular flexibility index (Phi) is 9.58. The normalized spacial score (nSPS) is 15.0. The van der Waals surface area contributed by atoms with Crippen molar-refractivity contribution in [2.75, 3.05) is 0 Å². The molecule has 3 aromatic carbocycles. The third-order valence-corrected chi connectivity index (χ3v) is 9.80. The lowest BCUT2D eigenvalue weighted by molar-refractivity contribution is -0.121. The minimum absolute atomic E-state index is 0.112. The average Bonchev–Trinajstić information content (AvgIpc) is 3.30. The fraction of sp³-hybridized carbons (Fsp3) is 0.314. The lowest BCUT2D eigenvalue weighted by Gasteiger charge is -2.22. The number of nitrogens with zero attached hydrogens (tertiary/aromatic N) is 2. The Bertz CT molecular complexity index is 1670. The molecule has 1 heterocycles. The zero-order valence-electron chi connectivity index (χ0n) is 25.1. The molecular weight excluding hydrogens is 556 g/mol. The molecule has 1 amide bonds. The van der Waals surface area contributed by atoms with E-state index in [1.807, 2.05) is 38.1 Å². The van der Waals surface area contributed by atoms with Crippen LogP contribution in [-0.4, -0.2) is 25.1 Å². The van der Waals surface area contributed by atoms with Crippen LogP contribution in [0.4, 0.5) is 0 Å². The average molecular weight is 597 g/mol. The van der Waals surface area contributed by atoms with Gasteiger partial charge >= 0.3 is 0 Å².